The lowest BCUT2D eigenvalue weighted by atomic mass is 10.0. The van der Waals surface area contributed by atoms with Gasteiger partial charge in [-0.3, -0.25) is 9.59 Å². The van der Waals surface area contributed by atoms with E-state index in [1.54, 1.807) is 12.1 Å². The largest absolute Gasteiger partial charge is 0.347 e. The molecule has 23 heavy (non-hydrogen) atoms. The van der Waals surface area contributed by atoms with Crippen molar-refractivity contribution in [1.82, 2.24) is 10.2 Å². The number of amides is 2. The van der Waals surface area contributed by atoms with E-state index in [1.807, 2.05) is 0 Å². The summed E-state index contributed by atoms with van der Waals surface area (Å²) in [6.45, 7) is 2.21. The minimum atomic E-state index is -0.654. The maximum absolute atomic E-state index is 12.8. The van der Waals surface area contributed by atoms with Gasteiger partial charge in [-0.25, -0.2) is 4.39 Å². The highest BCUT2D eigenvalue weighted by Gasteiger charge is 2.41. The van der Waals surface area contributed by atoms with Crippen LogP contribution in [0.2, 0.25) is 0 Å². The molecule has 6 nitrogen and oxygen atoms in total. The van der Waals surface area contributed by atoms with Gasteiger partial charge in [0.15, 0.2) is 5.79 Å². The van der Waals surface area contributed by atoms with Crippen molar-refractivity contribution in [2.45, 2.75) is 25.2 Å². The number of nitrogens with zero attached hydrogens (tertiary/aromatic N) is 1. The first-order chi connectivity index (χ1) is 11.1. The van der Waals surface area contributed by atoms with Crippen LogP contribution in [-0.2, 0) is 25.6 Å². The number of carbonyl (C=O) groups is 2. The van der Waals surface area contributed by atoms with E-state index < -0.39 is 17.6 Å². The highest BCUT2D eigenvalue weighted by atomic mass is 19.1. The second-order valence-electron chi connectivity index (χ2n) is 5.71. The number of rotatable bonds is 2. The fourth-order valence-electron chi connectivity index (χ4n) is 2.84. The van der Waals surface area contributed by atoms with Crippen LogP contribution < -0.4 is 5.32 Å². The average Bonchev–Trinajstić information content (AvgIpc) is 3.02. The van der Waals surface area contributed by atoms with Gasteiger partial charge in [0.05, 0.1) is 13.2 Å². The Morgan fingerprint density at radius 1 is 1.13 bits per heavy atom. The van der Waals surface area contributed by atoms with Gasteiger partial charge in [0.25, 0.3) is 0 Å². The van der Waals surface area contributed by atoms with Gasteiger partial charge in [-0.15, -0.1) is 0 Å². The smallest absolute Gasteiger partial charge is 0.311 e. The van der Waals surface area contributed by atoms with Crippen LogP contribution in [0.3, 0.4) is 0 Å². The number of carbonyl (C=O) groups excluding carboxylic acids is 2. The molecule has 0 atom stereocenters. The Balaban J connectivity index is 1.48. The van der Waals surface area contributed by atoms with Gasteiger partial charge < -0.3 is 19.7 Å². The van der Waals surface area contributed by atoms with Crippen molar-refractivity contribution < 1.29 is 23.5 Å². The molecule has 1 spiro atoms. The Morgan fingerprint density at radius 3 is 2.35 bits per heavy atom. The molecule has 7 heteroatoms. The highest BCUT2D eigenvalue weighted by Crippen LogP contribution is 2.31. The van der Waals surface area contributed by atoms with Crippen molar-refractivity contribution in [3.05, 3.63) is 35.6 Å². The number of halogens is 1. The highest BCUT2D eigenvalue weighted by molar-refractivity contribution is 6.34. The summed E-state index contributed by atoms with van der Waals surface area (Å²) in [4.78, 5) is 25.6. The first-order valence-corrected chi connectivity index (χ1v) is 7.67. The van der Waals surface area contributed by atoms with Crippen LogP contribution in [0.4, 0.5) is 4.39 Å². The van der Waals surface area contributed by atoms with Crippen molar-refractivity contribution in [3.63, 3.8) is 0 Å². The summed E-state index contributed by atoms with van der Waals surface area (Å²) < 4.78 is 24.0. The molecule has 2 aliphatic rings. The molecule has 0 aromatic heterocycles. The van der Waals surface area contributed by atoms with Crippen molar-refractivity contribution in [2.75, 3.05) is 26.3 Å². The maximum atomic E-state index is 12.8. The number of likely N-dealkylation sites (tertiary alicyclic amines) is 1. The molecule has 1 aromatic rings. The quantitative estimate of drug-likeness (QED) is 0.818. The van der Waals surface area contributed by atoms with Gasteiger partial charge in [0.2, 0.25) is 0 Å². The summed E-state index contributed by atoms with van der Waals surface area (Å²) in [7, 11) is 0. The number of ether oxygens (including phenoxy) is 2. The summed E-state index contributed by atoms with van der Waals surface area (Å²) in [6.07, 6.45) is 1.15. The molecule has 2 fully saturated rings. The Hall–Kier alpha value is -1.99. The van der Waals surface area contributed by atoms with Crippen molar-refractivity contribution in [3.8, 4) is 0 Å². The third kappa shape index (κ3) is 3.68. The topological polar surface area (TPSA) is 67.9 Å². The van der Waals surface area contributed by atoms with Crippen molar-refractivity contribution in [1.29, 1.82) is 0 Å². The lowest BCUT2D eigenvalue weighted by molar-refractivity contribution is -0.188. The minimum Gasteiger partial charge on any atom is -0.347 e. The molecule has 0 aliphatic carbocycles. The van der Waals surface area contributed by atoms with Gasteiger partial charge in [-0.1, -0.05) is 12.1 Å². The SMILES string of the molecule is O=C(NCc1ccc(F)cc1)C(=O)N1CCC2(CC1)OCCO2. The van der Waals surface area contributed by atoms with Crippen molar-refractivity contribution >= 4 is 11.8 Å². The van der Waals surface area contributed by atoms with Crippen LogP contribution in [0.5, 0.6) is 0 Å². The minimum absolute atomic E-state index is 0.189. The van der Waals surface area contributed by atoms with Gasteiger partial charge in [-0.05, 0) is 17.7 Å². The zero-order chi connectivity index (χ0) is 16.3. The van der Waals surface area contributed by atoms with Crippen LogP contribution in [0.25, 0.3) is 0 Å². The lowest BCUT2D eigenvalue weighted by Crippen LogP contribution is -2.51. The second-order valence-corrected chi connectivity index (χ2v) is 5.71. The van der Waals surface area contributed by atoms with E-state index in [-0.39, 0.29) is 12.4 Å². The van der Waals surface area contributed by atoms with Crippen LogP contribution in [0.15, 0.2) is 24.3 Å². The van der Waals surface area contributed by atoms with Crippen LogP contribution in [0, 0.1) is 5.82 Å². The zero-order valence-corrected chi connectivity index (χ0v) is 12.7. The molecular weight excluding hydrogens is 303 g/mol. The van der Waals surface area contributed by atoms with E-state index in [2.05, 4.69) is 5.32 Å². The lowest BCUT2D eigenvalue weighted by Gasteiger charge is -2.37. The van der Waals surface area contributed by atoms with E-state index in [0.29, 0.717) is 39.1 Å². The van der Waals surface area contributed by atoms with Crippen LogP contribution >= 0.6 is 0 Å². The number of hydrogen-bond acceptors (Lipinski definition) is 4. The fourth-order valence-corrected chi connectivity index (χ4v) is 2.84. The molecule has 2 heterocycles. The third-order valence-electron chi connectivity index (χ3n) is 4.19. The van der Waals surface area contributed by atoms with E-state index >= 15 is 0 Å². The Labute approximate surface area is 133 Å². The predicted molar refractivity (Wildman–Crippen MR) is 78.7 cm³/mol. The molecule has 2 aliphatic heterocycles. The molecular formula is C16H19FN2O4. The molecule has 0 saturated carbocycles. The zero-order valence-electron chi connectivity index (χ0n) is 12.7. The second kappa shape index (κ2) is 6.64. The molecule has 124 valence electrons. The summed E-state index contributed by atoms with van der Waals surface area (Å²) in [5, 5.41) is 2.56. The molecule has 2 saturated heterocycles. The molecule has 1 aromatic carbocycles. The molecule has 3 rings (SSSR count). The summed E-state index contributed by atoms with van der Waals surface area (Å²) >= 11 is 0. The summed E-state index contributed by atoms with van der Waals surface area (Å²) in [5.74, 6) is -2.12. The molecule has 0 radical (unpaired) electrons. The first-order valence-electron chi connectivity index (χ1n) is 7.67. The molecule has 1 N–H and O–H groups in total. The normalized spacial score (nSPS) is 19.8. The van der Waals surface area contributed by atoms with Gasteiger partial charge >= 0.3 is 11.8 Å². The summed E-state index contributed by atoms with van der Waals surface area (Å²) in [6, 6.07) is 5.77. The third-order valence-corrected chi connectivity index (χ3v) is 4.19. The molecule has 0 bridgehead atoms. The fraction of sp³-hybridized carbons (Fsp3) is 0.500. The molecule has 0 unspecified atom stereocenters. The van der Waals surface area contributed by atoms with Gasteiger partial charge in [0.1, 0.15) is 5.82 Å². The van der Waals surface area contributed by atoms with Gasteiger partial charge in [0, 0.05) is 32.5 Å². The monoisotopic (exact) mass is 322 g/mol. The van der Waals surface area contributed by atoms with E-state index in [0.717, 1.165) is 5.56 Å². The van der Waals surface area contributed by atoms with Gasteiger partial charge in [-0.2, -0.15) is 0 Å². The predicted octanol–water partition coefficient (Wildman–Crippen LogP) is 0.807. The average molecular weight is 322 g/mol. The maximum Gasteiger partial charge on any atom is 0.311 e. The number of nitrogens with one attached hydrogen (secondary N) is 1. The number of piperidine rings is 1. The Bertz CT molecular complexity index is 574. The first kappa shape index (κ1) is 15.9. The van der Waals surface area contributed by atoms with Crippen molar-refractivity contribution in [2.24, 2.45) is 0 Å². The Kier molecular flexibility index (Phi) is 4.58. The standard InChI is InChI=1S/C16H19FN2O4/c17-13-3-1-12(2-4-13)11-18-14(20)15(21)19-7-5-16(6-8-19)22-9-10-23-16/h1-4H,5-11H2,(H,18,20). The number of benzene rings is 1. The summed E-state index contributed by atoms with van der Waals surface area (Å²) in [5.41, 5.74) is 0.734. The number of hydrogen-bond donors (Lipinski definition) is 1. The molecule has 2 amide bonds. The van der Waals surface area contributed by atoms with E-state index in [9.17, 15) is 14.0 Å². The van der Waals surface area contributed by atoms with E-state index in [4.69, 9.17) is 9.47 Å². The van der Waals surface area contributed by atoms with Crippen LogP contribution in [0.1, 0.15) is 18.4 Å². The Morgan fingerprint density at radius 2 is 1.74 bits per heavy atom. The van der Waals surface area contributed by atoms with E-state index in [1.165, 1.54) is 17.0 Å². The van der Waals surface area contributed by atoms with Crippen LogP contribution in [-0.4, -0.2) is 48.8 Å².